The van der Waals surface area contributed by atoms with Gasteiger partial charge >= 0.3 is 5.97 Å². The predicted octanol–water partition coefficient (Wildman–Crippen LogP) is 2.74. The smallest absolute Gasteiger partial charge is 0.310 e. The molecule has 2 atom stereocenters. The second kappa shape index (κ2) is 8.89. The number of hydrogen-bond acceptors (Lipinski definition) is 7. The summed E-state index contributed by atoms with van der Waals surface area (Å²) in [5.74, 6) is -1.91. The van der Waals surface area contributed by atoms with Crippen LogP contribution in [0.1, 0.15) is 55.5 Å². The van der Waals surface area contributed by atoms with Crippen LogP contribution in [0.15, 0.2) is 6.07 Å². The normalized spacial score (nSPS) is 21.0. The number of carbonyl (C=O) groups excluding carboxylic acids is 2. The first-order valence-electron chi connectivity index (χ1n) is 8.83. The Kier molecular flexibility index (Phi) is 6.85. The number of ether oxygens (including phenoxy) is 3. The van der Waals surface area contributed by atoms with Crippen molar-refractivity contribution in [1.29, 1.82) is 0 Å². The molecule has 0 unspecified atom stereocenters. The third kappa shape index (κ3) is 4.66. The zero-order valence-corrected chi connectivity index (χ0v) is 15.4. The molecular weight excluding hydrogens is 340 g/mol. The molecule has 2 N–H and O–H groups in total. The largest absolute Gasteiger partial charge is 0.504 e. The molecule has 0 radical (unpaired) electrons. The number of phenols is 2. The highest BCUT2D eigenvalue weighted by atomic mass is 16.5. The van der Waals surface area contributed by atoms with E-state index in [4.69, 9.17) is 14.2 Å². The van der Waals surface area contributed by atoms with Crippen LogP contribution in [0.4, 0.5) is 0 Å². The van der Waals surface area contributed by atoms with Crippen molar-refractivity contribution < 1.29 is 34.0 Å². The molecule has 1 heterocycles. The van der Waals surface area contributed by atoms with E-state index in [1.54, 1.807) is 6.92 Å². The first-order valence-corrected chi connectivity index (χ1v) is 8.83. The highest BCUT2D eigenvalue weighted by Gasteiger charge is 2.29. The Balaban J connectivity index is 2.41. The van der Waals surface area contributed by atoms with Gasteiger partial charge in [0.1, 0.15) is 6.10 Å². The lowest BCUT2D eigenvalue weighted by Crippen LogP contribution is -2.29. The summed E-state index contributed by atoms with van der Waals surface area (Å²) < 4.78 is 16.1. The average Bonchev–Trinajstić information content (AvgIpc) is 2.54. The van der Waals surface area contributed by atoms with Crippen molar-refractivity contribution in [2.45, 2.75) is 58.2 Å². The molecule has 1 aliphatic rings. The molecule has 144 valence electrons. The zero-order valence-electron chi connectivity index (χ0n) is 15.4. The molecule has 0 saturated heterocycles. The number of esters is 1. The first kappa shape index (κ1) is 20.0. The number of cyclic esters (lactones) is 1. The molecule has 1 aliphatic heterocycles. The van der Waals surface area contributed by atoms with Crippen molar-refractivity contribution in [3.8, 4) is 17.2 Å². The summed E-state index contributed by atoms with van der Waals surface area (Å²) in [6.07, 6.45) is 1.21. The van der Waals surface area contributed by atoms with Crippen LogP contribution in [0.25, 0.3) is 0 Å². The second-order valence-corrected chi connectivity index (χ2v) is 6.50. The van der Waals surface area contributed by atoms with Crippen molar-refractivity contribution in [2.24, 2.45) is 0 Å². The topological polar surface area (TPSA) is 102 Å². The Morgan fingerprint density at radius 2 is 2.04 bits per heavy atom. The summed E-state index contributed by atoms with van der Waals surface area (Å²) in [6, 6.07) is 1.26. The van der Waals surface area contributed by atoms with E-state index in [2.05, 4.69) is 0 Å². The van der Waals surface area contributed by atoms with Crippen LogP contribution in [-0.2, 0) is 20.7 Å². The number of hydrogen-bond donors (Lipinski definition) is 2. The fourth-order valence-corrected chi connectivity index (χ4v) is 3.09. The van der Waals surface area contributed by atoms with Crippen molar-refractivity contribution in [2.75, 3.05) is 13.7 Å². The number of carbonyl (C=O) groups is 2. The van der Waals surface area contributed by atoms with Gasteiger partial charge in [0.2, 0.25) is 5.75 Å². The van der Waals surface area contributed by atoms with Gasteiger partial charge < -0.3 is 24.4 Å². The molecule has 1 aromatic rings. The molecule has 7 nitrogen and oxygen atoms in total. The third-order valence-electron chi connectivity index (χ3n) is 4.33. The standard InChI is InChI=1S/C19H26O7/c1-4-5-6-25-13-7-11(2)26-16(22)9-12-8-15(21)19(24-3)18(23)17(12)14(20)10-13/h8,11,13,21,23H,4-7,9-10H2,1-3H3/t11-,13+/m0/s1. The summed E-state index contributed by atoms with van der Waals surface area (Å²) in [5.41, 5.74) is 0.174. The lowest BCUT2D eigenvalue weighted by molar-refractivity contribution is -0.149. The van der Waals surface area contributed by atoms with E-state index in [9.17, 15) is 19.8 Å². The van der Waals surface area contributed by atoms with Crippen LogP contribution in [0.3, 0.4) is 0 Å². The minimum Gasteiger partial charge on any atom is -0.504 e. The van der Waals surface area contributed by atoms with E-state index >= 15 is 0 Å². The number of aromatic hydroxyl groups is 2. The highest BCUT2D eigenvalue weighted by molar-refractivity contribution is 6.02. The maximum atomic E-state index is 12.9. The summed E-state index contributed by atoms with van der Waals surface area (Å²) >= 11 is 0. The Hall–Kier alpha value is -2.28. The van der Waals surface area contributed by atoms with E-state index in [0.717, 1.165) is 12.8 Å². The van der Waals surface area contributed by atoms with Crippen molar-refractivity contribution in [3.63, 3.8) is 0 Å². The summed E-state index contributed by atoms with van der Waals surface area (Å²) in [4.78, 5) is 25.0. The number of rotatable bonds is 5. The van der Waals surface area contributed by atoms with Crippen LogP contribution >= 0.6 is 0 Å². The summed E-state index contributed by atoms with van der Waals surface area (Å²) in [6.45, 7) is 4.30. The lowest BCUT2D eigenvalue weighted by atomic mass is 9.93. The maximum absolute atomic E-state index is 12.9. The van der Waals surface area contributed by atoms with E-state index in [1.807, 2.05) is 6.92 Å². The molecule has 0 saturated carbocycles. The zero-order chi connectivity index (χ0) is 19.3. The van der Waals surface area contributed by atoms with Crippen LogP contribution < -0.4 is 4.74 Å². The molecule has 2 rings (SSSR count). The monoisotopic (exact) mass is 366 g/mol. The molecule has 0 bridgehead atoms. The Bertz CT molecular complexity index is 668. The predicted molar refractivity (Wildman–Crippen MR) is 93.8 cm³/mol. The van der Waals surface area contributed by atoms with Crippen molar-refractivity contribution >= 4 is 11.8 Å². The Morgan fingerprint density at radius 1 is 1.31 bits per heavy atom. The second-order valence-electron chi connectivity index (χ2n) is 6.50. The fraction of sp³-hybridized carbons (Fsp3) is 0.579. The summed E-state index contributed by atoms with van der Waals surface area (Å²) in [5, 5.41) is 20.4. The van der Waals surface area contributed by atoms with Crippen molar-refractivity contribution in [1.82, 2.24) is 0 Å². The molecule has 0 aliphatic carbocycles. The minimum atomic E-state index is -0.537. The highest BCUT2D eigenvalue weighted by Crippen LogP contribution is 2.41. The Labute approximate surface area is 152 Å². The quantitative estimate of drug-likeness (QED) is 0.610. The van der Waals surface area contributed by atoms with Crippen LogP contribution in [0.2, 0.25) is 0 Å². The van der Waals surface area contributed by atoms with Gasteiger partial charge in [-0.05, 0) is 25.0 Å². The Morgan fingerprint density at radius 3 is 2.69 bits per heavy atom. The van der Waals surface area contributed by atoms with Gasteiger partial charge in [0.25, 0.3) is 0 Å². The molecule has 0 spiro atoms. The van der Waals surface area contributed by atoms with E-state index < -0.39 is 23.9 Å². The van der Waals surface area contributed by atoms with Crippen LogP contribution in [0, 0.1) is 0 Å². The molecule has 7 heteroatoms. The molecule has 0 aromatic heterocycles. The fourth-order valence-electron chi connectivity index (χ4n) is 3.09. The van der Waals surface area contributed by atoms with Gasteiger partial charge in [0, 0.05) is 19.4 Å². The van der Waals surface area contributed by atoms with Crippen molar-refractivity contribution in [3.05, 3.63) is 17.2 Å². The van der Waals surface area contributed by atoms with E-state index in [0.29, 0.717) is 13.0 Å². The average molecular weight is 366 g/mol. The molecule has 1 aromatic carbocycles. The molecular formula is C19H26O7. The third-order valence-corrected chi connectivity index (χ3v) is 4.33. The maximum Gasteiger partial charge on any atom is 0.310 e. The molecule has 0 fully saturated rings. The SMILES string of the molecule is CCCCO[C@H]1CC(=O)c2c(cc(O)c(OC)c2O)CC(=O)O[C@@H](C)C1. The number of ketones is 1. The van der Waals surface area contributed by atoms with E-state index in [-0.39, 0.29) is 41.3 Å². The van der Waals surface area contributed by atoms with Gasteiger partial charge in [-0.1, -0.05) is 13.3 Å². The van der Waals surface area contributed by atoms with Gasteiger partial charge in [0.05, 0.1) is 25.2 Å². The number of phenolic OH excluding ortho intramolecular Hbond substituents is 2. The number of unbranched alkanes of at least 4 members (excludes halogenated alkanes) is 1. The van der Waals surface area contributed by atoms with Gasteiger partial charge in [-0.2, -0.15) is 0 Å². The number of fused-ring (bicyclic) bond motifs is 1. The van der Waals surface area contributed by atoms with Gasteiger partial charge in [-0.25, -0.2) is 0 Å². The lowest BCUT2D eigenvalue weighted by Gasteiger charge is -2.24. The van der Waals surface area contributed by atoms with Crippen LogP contribution in [-0.4, -0.2) is 47.9 Å². The number of methoxy groups -OCH3 is 1. The summed E-state index contributed by atoms with van der Waals surface area (Å²) in [7, 11) is 1.28. The van der Waals surface area contributed by atoms with E-state index in [1.165, 1.54) is 13.2 Å². The van der Waals surface area contributed by atoms with Crippen LogP contribution in [0.5, 0.6) is 17.2 Å². The van der Waals surface area contributed by atoms with Gasteiger partial charge in [-0.15, -0.1) is 0 Å². The molecule has 0 amide bonds. The minimum absolute atomic E-state index is 0.0322. The first-order chi connectivity index (χ1) is 12.4. The van der Waals surface area contributed by atoms with Gasteiger partial charge in [0.15, 0.2) is 17.3 Å². The number of benzene rings is 1. The molecule has 26 heavy (non-hydrogen) atoms. The van der Waals surface area contributed by atoms with Gasteiger partial charge in [-0.3, -0.25) is 9.59 Å². The number of Topliss-reactive ketones (excluding diaryl/α,β-unsaturated/α-hetero) is 1.